The maximum absolute atomic E-state index is 11.1. The van der Waals surface area contributed by atoms with E-state index in [-0.39, 0.29) is 11.6 Å². The summed E-state index contributed by atoms with van der Waals surface area (Å²) >= 11 is 0. The number of benzene rings is 1. The summed E-state index contributed by atoms with van der Waals surface area (Å²) < 4.78 is 0. The van der Waals surface area contributed by atoms with Gasteiger partial charge in [0.25, 0.3) is 0 Å². The molecule has 0 aliphatic carbocycles. The molecular formula is C15H22N2O2. The molecule has 2 N–H and O–H groups in total. The summed E-state index contributed by atoms with van der Waals surface area (Å²) in [5, 5.41) is 3.32. The fourth-order valence-corrected chi connectivity index (χ4v) is 2.35. The number of piperidine rings is 1. The van der Waals surface area contributed by atoms with E-state index in [1.165, 1.54) is 0 Å². The number of aldehydes is 1. The first-order valence-corrected chi connectivity index (χ1v) is 6.90. The summed E-state index contributed by atoms with van der Waals surface area (Å²) in [7, 11) is 0. The minimum Gasteiger partial charge on any atom is -0.304 e. The van der Waals surface area contributed by atoms with Crippen molar-refractivity contribution in [3.63, 3.8) is 0 Å². The van der Waals surface area contributed by atoms with Gasteiger partial charge in [-0.2, -0.15) is 5.48 Å². The Balaban J connectivity index is 1.70. The molecule has 1 fully saturated rings. The smallest absolute Gasteiger partial charge is 0.140 e. The minimum absolute atomic E-state index is 0.267. The first kappa shape index (κ1) is 14.2. The molecule has 0 radical (unpaired) electrons. The Morgan fingerprint density at radius 3 is 2.84 bits per heavy atom. The monoisotopic (exact) mass is 262 g/mol. The summed E-state index contributed by atoms with van der Waals surface area (Å²) in [6, 6.07) is 10.3. The summed E-state index contributed by atoms with van der Waals surface area (Å²) in [6.45, 7) is 3.37. The Kier molecular flexibility index (Phi) is 5.07. The van der Waals surface area contributed by atoms with Gasteiger partial charge < -0.3 is 10.1 Å². The van der Waals surface area contributed by atoms with E-state index in [1.54, 1.807) is 0 Å². The maximum atomic E-state index is 11.1. The van der Waals surface area contributed by atoms with E-state index in [4.69, 9.17) is 4.84 Å². The van der Waals surface area contributed by atoms with Gasteiger partial charge in [0, 0.05) is 12.6 Å². The molecule has 0 bridgehead atoms. The average molecular weight is 262 g/mol. The lowest BCUT2D eigenvalue weighted by Crippen LogP contribution is -2.56. The van der Waals surface area contributed by atoms with Gasteiger partial charge in [0.2, 0.25) is 0 Å². The maximum Gasteiger partial charge on any atom is 0.140 e. The van der Waals surface area contributed by atoms with Crippen LogP contribution in [-0.4, -0.2) is 24.4 Å². The molecule has 1 aromatic carbocycles. The Morgan fingerprint density at radius 1 is 1.47 bits per heavy atom. The van der Waals surface area contributed by atoms with Crippen LogP contribution in [-0.2, 0) is 16.2 Å². The van der Waals surface area contributed by atoms with Gasteiger partial charge in [0.15, 0.2) is 0 Å². The molecule has 1 heterocycles. The SMILES string of the molecule is CCC1(C=O)CCC(NOCc2ccccc2)CN1. The Bertz CT molecular complexity index is 386. The molecule has 0 saturated carbocycles. The summed E-state index contributed by atoms with van der Waals surface area (Å²) in [5.41, 5.74) is 3.90. The van der Waals surface area contributed by atoms with E-state index in [1.807, 2.05) is 37.3 Å². The molecule has 1 aliphatic heterocycles. The van der Waals surface area contributed by atoms with E-state index in [0.29, 0.717) is 6.61 Å². The molecule has 4 nitrogen and oxygen atoms in total. The first-order valence-electron chi connectivity index (χ1n) is 6.90. The number of nitrogens with one attached hydrogen (secondary N) is 2. The van der Waals surface area contributed by atoms with Crippen molar-refractivity contribution in [1.29, 1.82) is 0 Å². The largest absolute Gasteiger partial charge is 0.304 e. The van der Waals surface area contributed by atoms with Crippen molar-refractivity contribution in [1.82, 2.24) is 10.8 Å². The molecule has 1 saturated heterocycles. The number of carbonyl (C=O) groups excluding carboxylic acids is 1. The summed E-state index contributed by atoms with van der Waals surface area (Å²) in [5.74, 6) is 0. The lowest BCUT2D eigenvalue weighted by Gasteiger charge is -2.36. The number of carbonyl (C=O) groups is 1. The van der Waals surface area contributed by atoms with Crippen molar-refractivity contribution >= 4 is 6.29 Å². The van der Waals surface area contributed by atoms with Crippen LogP contribution in [0, 0.1) is 0 Å². The topological polar surface area (TPSA) is 50.4 Å². The summed E-state index contributed by atoms with van der Waals surface area (Å²) in [6.07, 6.45) is 3.70. The van der Waals surface area contributed by atoms with Gasteiger partial charge in [0.05, 0.1) is 12.1 Å². The molecular weight excluding hydrogens is 240 g/mol. The van der Waals surface area contributed by atoms with Crippen LogP contribution in [0.5, 0.6) is 0 Å². The fraction of sp³-hybridized carbons (Fsp3) is 0.533. The second-order valence-corrected chi connectivity index (χ2v) is 5.14. The van der Waals surface area contributed by atoms with Crippen LogP contribution in [0.25, 0.3) is 0 Å². The highest BCUT2D eigenvalue weighted by Crippen LogP contribution is 2.20. The van der Waals surface area contributed by atoms with Gasteiger partial charge in [-0.3, -0.25) is 4.84 Å². The van der Waals surface area contributed by atoms with Crippen molar-refractivity contribution in [3.05, 3.63) is 35.9 Å². The van der Waals surface area contributed by atoms with Gasteiger partial charge in [-0.25, -0.2) is 0 Å². The van der Waals surface area contributed by atoms with Crippen LogP contribution in [0.3, 0.4) is 0 Å². The van der Waals surface area contributed by atoms with Crippen molar-refractivity contribution in [3.8, 4) is 0 Å². The van der Waals surface area contributed by atoms with E-state index >= 15 is 0 Å². The molecule has 19 heavy (non-hydrogen) atoms. The Labute approximate surface area is 114 Å². The molecule has 0 aromatic heterocycles. The van der Waals surface area contributed by atoms with E-state index in [9.17, 15) is 4.79 Å². The zero-order valence-electron chi connectivity index (χ0n) is 11.4. The highest BCUT2D eigenvalue weighted by Gasteiger charge is 2.32. The van der Waals surface area contributed by atoms with Crippen LogP contribution in [0.15, 0.2) is 30.3 Å². The molecule has 2 unspecified atom stereocenters. The second-order valence-electron chi connectivity index (χ2n) is 5.14. The number of hydroxylamine groups is 1. The van der Waals surface area contributed by atoms with E-state index in [2.05, 4.69) is 10.8 Å². The van der Waals surface area contributed by atoms with Crippen LogP contribution >= 0.6 is 0 Å². The quantitative estimate of drug-likeness (QED) is 0.606. The fourth-order valence-electron chi connectivity index (χ4n) is 2.35. The summed E-state index contributed by atoms with van der Waals surface area (Å²) in [4.78, 5) is 16.6. The third-order valence-electron chi connectivity index (χ3n) is 3.83. The predicted molar refractivity (Wildman–Crippen MR) is 74.5 cm³/mol. The van der Waals surface area contributed by atoms with Crippen LogP contribution in [0.4, 0.5) is 0 Å². The van der Waals surface area contributed by atoms with Crippen molar-refractivity contribution in [2.45, 2.75) is 44.4 Å². The Morgan fingerprint density at radius 2 is 2.26 bits per heavy atom. The highest BCUT2D eigenvalue weighted by molar-refractivity contribution is 5.64. The number of hydrogen-bond donors (Lipinski definition) is 2. The molecule has 4 heteroatoms. The lowest BCUT2D eigenvalue weighted by molar-refractivity contribution is -0.115. The van der Waals surface area contributed by atoms with Gasteiger partial charge in [-0.05, 0) is 24.8 Å². The molecule has 1 aromatic rings. The zero-order valence-corrected chi connectivity index (χ0v) is 11.4. The van der Waals surface area contributed by atoms with Crippen LogP contribution in [0.1, 0.15) is 31.7 Å². The molecule has 2 rings (SSSR count). The number of rotatable bonds is 6. The van der Waals surface area contributed by atoms with Crippen molar-refractivity contribution < 1.29 is 9.63 Å². The van der Waals surface area contributed by atoms with Crippen LogP contribution < -0.4 is 10.8 Å². The normalized spacial score (nSPS) is 27.1. The second kappa shape index (κ2) is 6.80. The van der Waals surface area contributed by atoms with Gasteiger partial charge >= 0.3 is 0 Å². The van der Waals surface area contributed by atoms with E-state index < -0.39 is 0 Å². The lowest BCUT2D eigenvalue weighted by atomic mass is 9.86. The Hall–Kier alpha value is -1.23. The number of hydrogen-bond acceptors (Lipinski definition) is 4. The molecule has 0 amide bonds. The molecule has 0 spiro atoms. The standard InChI is InChI=1S/C15H22N2O2/c1-2-15(12-18)9-8-14(10-16-15)17-19-11-13-6-4-3-5-7-13/h3-7,12,14,16-17H,2,8-11H2,1H3. The molecule has 104 valence electrons. The zero-order chi connectivity index (χ0) is 13.6. The first-order chi connectivity index (χ1) is 9.28. The molecule has 2 atom stereocenters. The predicted octanol–water partition coefficient (Wildman–Crippen LogP) is 1.81. The highest BCUT2D eigenvalue weighted by atomic mass is 16.6. The average Bonchev–Trinajstić information content (AvgIpc) is 2.49. The third kappa shape index (κ3) is 3.86. The van der Waals surface area contributed by atoms with Crippen molar-refractivity contribution in [2.24, 2.45) is 0 Å². The third-order valence-corrected chi connectivity index (χ3v) is 3.83. The molecule has 1 aliphatic rings. The van der Waals surface area contributed by atoms with Gasteiger partial charge in [-0.15, -0.1) is 0 Å². The van der Waals surface area contributed by atoms with E-state index in [0.717, 1.165) is 37.7 Å². The van der Waals surface area contributed by atoms with Crippen molar-refractivity contribution in [2.75, 3.05) is 6.54 Å². The minimum atomic E-state index is -0.322. The van der Waals surface area contributed by atoms with Gasteiger partial charge in [0.1, 0.15) is 6.29 Å². The van der Waals surface area contributed by atoms with Gasteiger partial charge in [-0.1, -0.05) is 37.3 Å². The van der Waals surface area contributed by atoms with Crippen LogP contribution in [0.2, 0.25) is 0 Å².